The van der Waals surface area contributed by atoms with Gasteiger partial charge in [-0.2, -0.15) is 0 Å². The van der Waals surface area contributed by atoms with Crippen LogP contribution in [0.2, 0.25) is 0 Å². The van der Waals surface area contributed by atoms with Crippen molar-refractivity contribution in [2.24, 2.45) is 5.92 Å². The minimum atomic E-state index is 0.0912. The number of ether oxygens (including phenoxy) is 1. The quantitative estimate of drug-likeness (QED) is 0.599. The minimum Gasteiger partial charge on any atom is -0.489 e. The van der Waals surface area contributed by atoms with Gasteiger partial charge in [0.25, 0.3) is 0 Å². The Bertz CT molecular complexity index is 955. The van der Waals surface area contributed by atoms with E-state index in [0.29, 0.717) is 13.2 Å². The number of carbonyl (C=O) groups excluding carboxylic acids is 1. The van der Waals surface area contributed by atoms with Crippen molar-refractivity contribution in [3.8, 4) is 5.75 Å². The number of hydrogen-bond acceptors (Lipinski definition) is 4. The van der Waals surface area contributed by atoms with Crippen LogP contribution in [0, 0.1) is 5.92 Å². The summed E-state index contributed by atoms with van der Waals surface area (Å²) in [5.74, 6) is 1.14. The molecule has 0 aliphatic carbocycles. The van der Waals surface area contributed by atoms with E-state index in [-0.39, 0.29) is 11.8 Å². The summed E-state index contributed by atoms with van der Waals surface area (Å²) in [7, 11) is 0. The van der Waals surface area contributed by atoms with Crippen molar-refractivity contribution in [3.63, 3.8) is 0 Å². The van der Waals surface area contributed by atoms with Crippen LogP contribution in [-0.4, -0.2) is 28.9 Å². The number of amides is 1. The van der Waals surface area contributed by atoms with Gasteiger partial charge in [0.2, 0.25) is 5.91 Å². The van der Waals surface area contributed by atoms with Crippen LogP contribution in [0.5, 0.6) is 5.75 Å². The van der Waals surface area contributed by atoms with Crippen molar-refractivity contribution in [2.75, 3.05) is 13.1 Å². The minimum absolute atomic E-state index is 0.0912. The van der Waals surface area contributed by atoms with Gasteiger partial charge in [-0.15, -0.1) is 0 Å². The van der Waals surface area contributed by atoms with Gasteiger partial charge < -0.3 is 10.1 Å². The Hall–Kier alpha value is -3.18. The van der Waals surface area contributed by atoms with E-state index in [4.69, 9.17) is 4.74 Å². The maximum atomic E-state index is 12.5. The van der Waals surface area contributed by atoms with Crippen molar-refractivity contribution in [2.45, 2.75) is 32.5 Å². The van der Waals surface area contributed by atoms with E-state index in [2.05, 4.69) is 39.5 Å². The SMILES string of the molecule is O=C(NCc1cccnc1)C1CCN(Cc2cccc(OCc3ccccc3)c2)CC1. The van der Waals surface area contributed by atoms with Crippen LogP contribution in [0.3, 0.4) is 0 Å². The number of aromatic nitrogens is 1. The predicted molar refractivity (Wildman–Crippen MR) is 121 cm³/mol. The van der Waals surface area contributed by atoms with Crippen LogP contribution >= 0.6 is 0 Å². The molecule has 4 rings (SSSR count). The molecule has 1 fully saturated rings. The highest BCUT2D eigenvalue weighted by Gasteiger charge is 2.24. The van der Waals surface area contributed by atoms with Gasteiger partial charge in [-0.3, -0.25) is 14.7 Å². The zero-order valence-corrected chi connectivity index (χ0v) is 17.7. The van der Waals surface area contributed by atoms with E-state index in [1.807, 2.05) is 42.5 Å². The second kappa shape index (κ2) is 10.7. The maximum absolute atomic E-state index is 12.5. The molecule has 1 amide bonds. The Morgan fingerprint density at radius 2 is 1.74 bits per heavy atom. The predicted octanol–water partition coefficient (Wildman–Crippen LogP) is 4.19. The fourth-order valence-electron chi connectivity index (χ4n) is 3.92. The lowest BCUT2D eigenvalue weighted by molar-refractivity contribution is -0.126. The van der Waals surface area contributed by atoms with Crippen molar-refractivity contribution in [3.05, 3.63) is 95.8 Å². The molecule has 2 heterocycles. The third-order valence-electron chi connectivity index (χ3n) is 5.70. The first-order valence-corrected chi connectivity index (χ1v) is 10.9. The molecule has 0 radical (unpaired) electrons. The summed E-state index contributed by atoms with van der Waals surface area (Å²) in [6, 6.07) is 22.4. The molecule has 5 heteroatoms. The zero-order chi connectivity index (χ0) is 21.3. The molecule has 31 heavy (non-hydrogen) atoms. The van der Waals surface area contributed by atoms with E-state index >= 15 is 0 Å². The normalized spacial score (nSPS) is 14.8. The molecule has 1 aliphatic rings. The van der Waals surface area contributed by atoms with Crippen LogP contribution in [0.25, 0.3) is 0 Å². The van der Waals surface area contributed by atoms with Crippen molar-refractivity contribution in [1.29, 1.82) is 0 Å². The summed E-state index contributed by atoms with van der Waals surface area (Å²) in [6.07, 6.45) is 5.32. The Labute approximate surface area is 184 Å². The maximum Gasteiger partial charge on any atom is 0.223 e. The van der Waals surface area contributed by atoms with Crippen molar-refractivity contribution >= 4 is 5.91 Å². The summed E-state index contributed by atoms with van der Waals surface area (Å²) in [5.41, 5.74) is 3.43. The molecule has 0 saturated carbocycles. The molecule has 0 bridgehead atoms. The Morgan fingerprint density at radius 1 is 0.968 bits per heavy atom. The Balaban J connectivity index is 1.22. The van der Waals surface area contributed by atoms with Crippen LogP contribution in [0.1, 0.15) is 29.5 Å². The van der Waals surface area contributed by atoms with Crippen LogP contribution in [0.15, 0.2) is 79.1 Å². The molecular formula is C26H29N3O2. The molecule has 1 N–H and O–H groups in total. The van der Waals surface area contributed by atoms with Crippen LogP contribution < -0.4 is 10.1 Å². The number of pyridine rings is 1. The molecule has 1 aromatic heterocycles. The molecule has 3 aromatic rings. The Morgan fingerprint density at radius 3 is 2.52 bits per heavy atom. The first-order valence-electron chi connectivity index (χ1n) is 10.9. The number of carbonyl (C=O) groups is 1. The van der Waals surface area contributed by atoms with E-state index in [0.717, 1.165) is 49.4 Å². The lowest BCUT2D eigenvalue weighted by Gasteiger charge is -2.31. The zero-order valence-electron chi connectivity index (χ0n) is 17.7. The first-order chi connectivity index (χ1) is 15.3. The van der Waals surface area contributed by atoms with Gasteiger partial charge in [0.05, 0.1) is 0 Å². The summed E-state index contributed by atoms with van der Waals surface area (Å²) >= 11 is 0. The van der Waals surface area contributed by atoms with Gasteiger partial charge >= 0.3 is 0 Å². The molecule has 1 aliphatic heterocycles. The summed E-state index contributed by atoms with van der Waals surface area (Å²) in [6.45, 7) is 3.86. The van der Waals surface area contributed by atoms with Gasteiger partial charge in [-0.25, -0.2) is 0 Å². The smallest absolute Gasteiger partial charge is 0.223 e. The lowest BCUT2D eigenvalue weighted by Crippen LogP contribution is -2.40. The second-order valence-corrected chi connectivity index (χ2v) is 8.05. The summed E-state index contributed by atoms with van der Waals surface area (Å²) in [4.78, 5) is 19.0. The van der Waals surface area contributed by atoms with Crippen LogP contribution in [-0.2, 0) is 24.5 Å². The molecule has 1 saturated heterocycles. The molecule has 0 spiro atoms. The van der Waals surface area contributed by atoms with Crippen molar-refractivity contribution in [1.82, 2.24) is 15.2 Å². The summed E-state index contributed by atoms with van der Waals surface area (Å²) < 4.78 is 5.96. The third kappa shape index (κ3) is 6.40. The van der Waals surface area contributed by atoms with E-state index in [1.165, 1.54) is 5.56 Å². The fraction of sp³-hybridized carbons (Fsp3) is 0.308. The average molecular weight is 416 g/mol. The van der Waals surface area contributed by atoms with E-state index in [9.17, 15) is 4.79 Å². The van der Waals surface area contributed by atoms with Gasteiger partial charge in [0.1, 0.15) is 12.4 Å². The van der Waals surface area contributed by atoms with E-state index < -0.39 is 0 Å². The standard InChI is InChI=1S/C26H29N3O2/c30-26(28-18-23-9-5-13-27-17-23)24-11-14-29(15-12-24)19-22-8-4-10-25(16-22)31-20-21-6-2-1-3-7-21/h1-10,13,16-17,24H,11-12,14-15,18-20H2,(H,28,30). The highest BCUT2D eigenvalue weighted by molar-refractivity contribution is 5.78. The molecular weight excluding hydrogens is 386 g/mol. The number of nitrogens with zero attached hydrogens (tertiary/aromatic N) is 2. The molecule has 0 unspecified atom stereocenters. The molecule has 2 aromatic carbocycles. The van der Waals surface area contributed by atoms with Gasteiger partial charge in [0, 0.05) is 31.4 Å². The van der Waals surface area contributed by atoms with E-state index in [1.54, 1.807) is 12.4 Å². The van der Waals surface area contributed by atoms with Gasteiger partial charge in [0.15, 0.2) is 0 Å². The topological polar surface area (TPSA) is 54.5 Å². The number of nitrogens with one attached hydrogen (secondary N) is 1. The number of hydrogen-bond donors (Lipinski definition) is 1. The highest BCUT2D eigenvalue weighted by Crippen LogP contribution is 2.21. The van der Waals surface area contributed by atoms with Crippen LogP contribution in [0.4, 0.5) is 0 Å². The number of piperidine rings is 1. The molecule has 160 valence electrons. The second-order valence-electron chi connectivity index (χ2n) is 8.05. The van der Waals surface area contributed by atoms with Gasteiger partial charge in [-0.1, -0.05) is 48.5 Å². The molecule has 0 atom stereocenters. The fourth-order valence-corrected chi connectivity index (χ4v) is 3.92. The third-order valence-corrected chi connectivity index (χ3v) is 5.70. The van der Waals surface area contributed by atoms with Crippen molar-refractivity contribution < 1.29 is 9.53 Å². The number of benzene rings is 2. The Kier molecular flexibility index (Phi) is 7.29. The monoisotopic (exact) mass is 415 g/mol. The van der Waals surface area contributed by atoms with Gasteiger partial charge in [-0.05, 0) is 60.8 Å². The average Bonchev–Trinajstić information content (AvgIpc) is 2.83. The number of likely N-dealkylation sites (tertiary alicyclic amines) is 1. The molecule has 5 nitrogen and oxygen atoms in total. The summed E-state index contributed by atoms with van der Waals surface area (Å²) in [5, 5.41) is 3.05. The largest absolute Gasteiger partial charge is 0.489 e. The lowest BCUT2D eigenvalue weighted by atomic mass is 9.95. The number of rotatable bonds is 8. The highest BCUT2D eigenvalue weighted by atomic mass is 16.5. The first kappa shape index (κ1) is 21.1.